The number of nitrogens with zero attached hydrogens (tertiary/aromatic N) is 1. The zero-order chi connectivity index (χ0) is 21.0. The molecule has 0 aliphatic carbocycles. The monoisotopic (exact) mass is 410 g/mol. The fourth-order valence-corrected chi connectivity index (χ4v) is 3.81. The molecule has 7 heteroatoms. The number of amides is 1. The molecule has 3 aromatic rings. The molecule has 1 N–H and O–H groups in total. The molecule has 0 saturated heterocycles. The van der Waals surface area contributed by atoms with E-state index in [9.17, 15) is 14.4 Å². The Labute approximate surface area is 173 Å². The predicted molar refractivity (Wildman–Crippen MR) is 112 cm³/mol. The lowest BCUT2D eigenvalue weighted by Crippen LogP contribution is -2.18. The van der Waals surface area contributed by atoms with Crippen LogP contribution >= 0.6 is 11.3 Å². The lowest BCUT2D eigenvalue weighted by Gasteiger charge is -2.10. The van der Waals surface area contributed by atoms with E-state index >= 15 is 0 Å². The maximum absolute atomic E-state index is 12.3. The highest BCUT2D eigenvalue weighted by atomic mass is 32.1. The van der Waals surface area contributed by atoms with Gasteiger partial charge in [0.05, 0.1) is 17.0 Å². The number of carbonyl (C=O) groups is 3. The van der Waals surface area contributed by atoms with E-state index in [2.05, 4.69) is 9.88 Å². The lowest BCUT2D eigenvalue weighted by molar-refractivity contribution is -0.119. The molecule has 0 radical (unpaired) electrons. The topological polar surface area (TPSA) is 77.4 Å². The van der Waals surface area contributed by atoms with Crippen molar-refractivity contribution in [3.05, 3.63) is 75.2 Å². The van der Waals surface area contributed by atoms with Gasteiger partial charge in [0, 0.05) is 28.9 Å². The van der Waals surface area contributed by atoms with E-state index in [0.29, 0.717) is 17.0 Å². The number of hydrogen-bond donors (Lipinski definition) is 1. The minimum absolute atomic E-state index is 0.131. The van der Waals surface area contributed by atoms with Gasteiger partial charge in [-0.2, -0.15) is 0 Å². The first kappa shape index (κ1) is 20.5. The van der Waals surface area contributed by atoms with Gasteiger partial charge in [-0.1, -0.05) is 0 Å². The third-order valence-corrected chi connectivity index (χ3v) is 5.54. The molecule has 0 bridgehead atoms. The maximum atomic E-state index is 12.3. The van der Waals surface area contributed by atoms with E-state index in [4.69, 9.17) is 4.74 Å². The number of Topliss-reactive ketones (excluding diaryl/α,β-unsaturated/α-hetero) is 1. The van der Waals surface area contributed by atoms with E-state index < -0.39 is 5.97 Å². The number of rotatable bonds is 7. The van der Waals surface area contributed by atoms with E-state index in [0.717, 1.165) is 22.0 Å². The van der Waals surface area contributed by atoms with Crippen molar-refractivity contribution in [1.82, 2.24) is 9.88 Å². The van der Waals surface area contributed by atoms with Crippen molar-refractivity contribution in [2.75, 3.05) is 6.61 Å². The second-order valence-corrected chi connectivity index (χ2v) is 7.84. The van der Waals surface area contributed by atoms with Crippen molar-refractivity contribution < 1.29 is 19.1 Å². The van der Waals surface area contributed by atoms with Crippen LogP contribution in [0.15, 0.2) is 48.5 Å². The van der Waals surface area contributed by atoms with Crippen LogP contribution in [0, 0.1) is 13.8 Å². The Hall–Kier alpha value is -3.19. The molecule has 1 amide bonds. The molecule has 2 heterocycles. The van der Waals surface area contributed by atoms with Gasteiger partial charge in [-0.15, -0.1) is 11.3 Å². The summed E-state index contributed by atoms with van der Waals surface area (Å²) in [6, 6.07) is 14.6. The van der Waals surface area contributed by atoms with Gasteiger partial charge in [-0.25, -0.2) is 4.79 Å². The Morgan fingerprint density at radius 2 is 1.62 bits per heavy atom. The summed E-state index contributed by atoms with van der Waals surface area (Å²) in [5.41, 5.74) is 3.57. The number of hydrogen-bond acceptors (Lipinski definition) is 5. The minimum atomic E-state index is -0.541. The summed E-state index contributed by atoms with van der Waals surface area (Å²) in [6.45, 7) is 5.53. The van der Waals surface area contributed by atoms with E-state index in [-0.39, 0.29) is 18.3 Å². The van der Waals surface area contributed by atoms with Crippen LogP contribution in [0.3, 0.4) is 0 Å². The van der Waals surface area contributed by atoms with Gasteiger partial charge >= 0.3 is 5.97 Å². The van der Waals surface area contributed by atoms with Crippen LogP contribution in [-0.2, 0) is 16.1 Å². The summed E-state index contributed by atoms with van der Waals surface area (Å²) in [6.07, 6.45) is 0. The van der Waals surface area contributed by atoms with Crippen molar-refractivity contribution in [3.8, 4) is 5.69 Å². The zero-order valence-corrected chi connectivity index (χ0v) is 17.3. The smallest absolute Gasteiger partial charge is 0.338 e. The van der Waals surface area contributed by atoms with Crippen LogP contribution in [0.1, 0.15) is 43.2 Å². The summed E-state index contributed by atoms with van der Waals surface area (Å²) >= 11 is 1.28. The van der Waals surface area contributed by atoms with Gasteiger partial charge in [0.1, 0.15) is 0 Å². The number of thiophene rings is 1. The molecule has 0 aliphatic rings. The highest BCUT2D eigenvalue weighted by Gasteiger charge is 2.14. The molecule has 29 heavy (non-hydrogen) atoms. The second-order valence-electron chi connectivity index (χ2n) is 6.67. The summed E-state index contributed by atoms with van der Waals surface area (Å²) in [7, 11) is 0. The highest BCUT2D eigenvalue weighted by molar-refractivity contribution is 7.14. The largest absolute Gasteiger partial charge is 0.454 e. The van der Waals surface area contributed by atoms with Crippen molar-refractivity contribution in [2.24, 2.45) is 0 Å². The van der Waals surface area contributed by atoms with Crippen molar-refractivity contribution >= 4 is 29.0 Å². The summed E-state index contributed by atoms with van der Waals surface area (Å²) in [5.74, 6) is -0.943. The predicted octanol–water partition coefficient (Wildman–Crippen LogP) is 3.83. The standard InChI is InChI=1S/C22H22N2O4S/c1-14-4-5-15(2)24(14)18-8-6-17(7-9-18)22(27)28-13-20(26)21-11-10-19(29-21)12-23-16(3)25/h4-11H,12-13H2,1-3H3,(H,23,25). The molecule has 0 fully saturated rings. The molecule has 6 nitrogen and oxygen atoms in total. The summed E-state index contributed by atoms with van der Waals surface area (Å²) in [5, 5.41) is 2.68. The van der Waals surface area contributed by atoms with Gasteiger partial charge in [0.2, 0.25) is 11.7 Å². The molecule has 0 atom stereocenters. The molecular formula is C22H22N2O4S. The Balaban J connectivity index is 1.58. The van der Waals surface area contributed by atoms with Gasteiger partial charge in [-0.05, 0) is 62.4 Å². The van der Waals surface area contributed by atoms with Crippen molar-refractivity contribution in [3.63, 3.8) is 0 Å². The Morgan fingerprint density at radius 1 is 0.966 bits per heavy atom. The van der Waals surface area contributed by atoms with Crippen LogP contribution in [0.25, 0.3) is 5.69 Å². The summed E-state index contributed by atoms with van der Waals surface area (Å²) in [4.78, 5) is 36.8. The van der Waals surface area contributed by atoms with Crippen molar-refractivity contribution in [2.45, 2.75) is 27.3 Å². The third kappa shape index (κ3) is 5.00. The van der Waals surface area contributed by atoms with Crippen LogP contribution in [0.2, 0.25) is 0 Å². The molecule has 0 aliphatic heterocycles. The lowest BCUT2D eigenvalue weighted by atomic mass is 10.2. The maximum Gasteiger partial charge on any atom is 0.338 e. The van der Waals surface area contributed by atoms with Gasteiger partial charge in [0.15, 0.2) is 6.61 Å². The number of ether oxygens (including phenoxy) is 1. The molecule has 0 unspecified atom stereocenters. The Kier molecular flexibility index (Phi) is 6.29. The third-order valence-electron chi connectivity index (χ3n) is 4.41. The Morgan fingerprint density at radius 3 is 2.24 bits per heavy atom. The first-order valence-electron chi connectivity index (χ1n) is 9.14. The average molecular weight is 410 g/mol. The quantitative estimate of drug-likeness (QED) is 0.474. The molecule has 0 spiro atoms. The minimum Gasteiger partial charge on any atom is -0.454 e. The molecule has 2 aromatic heterocycles. The Bertz CT molecular complexity index is 1030. The van der Waals surface area contributed by atoms with E-state index in [1.807, 2.05) is 38.1 Å². The van der Waals surface area contributed by atoms with Crippen molar-refractivity contribution in [1.29, 1.82) is 0 Å². The number of aromatic nitrogens is 1. The molecule has 3 rings (SSSR count). The first-order valence-corrected chi connectivity index (χ1v) is 9.95. The van der Waals surface area contributed by atoms with Gasteiger partial charge < -0.3 is 14.6 Å². The van der Waals surface area contributed by atoms with Crippen LogP contribution in [0.4, 0.5) is 0 Å². The molecule has 150 valence electrons. The van der Waals surface area contributed by atoms with Crippen LogP contribution in [0.5, 0.6) is 0 Å². The van der Waals surface area contributed by atoms with Gasteiger partial charge in [0.25, 0.3) is 0 Å². The first-order chi connectivity index (χ1) is 13.8. The van der Waals surface area contributed by atoms with E-state index in [1.165, 1.54) is 18.3 Å². The highest BCUT2D eigenvalue weighted by Crippen LogP contribution is 2.19. The number of ketones is 1. The zero-order valence-electron chi connectivity index (χ0n) is 16.5. The molecule has 0 saturated carbocycles. The molecular weight excluding hydrogens is 388 g/mol. The number of nitrogens with one attached hydrogen (secondary N) is 1. The van der Waals surface area contributed by atoms with Crippen LogP contribution in [-0.4, -0.2) is 28.8 Å². The molecule has 1 aromatic carbocycles. The summed E-state index contributed by atoms with van der Waals surface area (Å²) < 4.78 is 7.26. The average Bonchev–Trinajstić information content (AvgIpc) is 3.31. The normalized spacial score (nSPS) is 10.6. The number of aryl methyl sites for hydroxylation is 2. The fraction of sp³-hybridized carbons (Fsp3) is 0.227. The number of benzene rings is 1. The van der Waals surface area contributed by atoms with E-state index in [1.54, 1.807) is 24.3 Å². The SMILES string of the molecule is CC(=O)NCc1ccc(C(=O)COC(=O)c2ccc(-n3c(C)ccc3C)cc2)s1. The van der Waals surface area contributed by atoms with Crippen LogP contribution < -0.4 is 5.32 Å². The number of esters is 1. The van der Waals surface area contributed by atoms with Gasteiger partial charge in [-0.3, -0.25) is 9.59 Å². The second kappa shape index (κ2) is 8.87. The fourth-order valence-electron chi connectivity index (χ4n) is 2.94. The number of carbonyl (C=O) groups excluding carboxylic acids is 3.